The molecule has 0 aliphatic heterocycles. The molecule has 0 amide bonds. The molecule has 0 aromatic heterocycles. The molecule has 0 bridgehead atoms. The molecule has 5 nitrogen and oxygen atoms in total. The minimum atomic E-state index is -0.545. The lowest BCUT2D eigenvalue weighted by molar-refractivity contribution is -0.146. The lowest BCUT2D eigenvalue weighted by Gasteiger charge is -2.01. The van der Waals surface area contributed by atoms with Crippen molar-refractivity contribution in [1.82, 2.24) is 0 Å². The summed E-state index contributed by atoms with van der Waals surface area (Å²) in [6.07, 6.45) is 0.692. The topological polar surface area (TPSA) is 69.7 Å². The van der Waals surface area contributed by atoms with Crippen LogP contribution in [0.4, 0.5) is 0 Å². The summed E-state index contributed by atoms with van der Waals surface area (Å²) in [6.45, 7) is 1.99. The lowest BCUT2D eigenvalue weighted by atomic mass is 10.3. The maximum Gasteiger partial charge on any atom is 0.313 e. The van der Waals surface area contributed by atoms with Crippen molar-refractivity contribution in [3.05, 3.63) is 0 Å². The molecule has 0 saturated heterocycles. The molecule has 0 aromatic carbocycles. The van der Waals surface area contributed by atoms with E-state index in [0.717, 1.165) is 0 Å². The van der Waals surface area contributed by atoms with Crippen LogP contribution in [0, 0.1) is 0 Å². The predicted octanol–water partition coefficient (Wildman–Crippen LogP) is 0.114. The minimum absolute atomic E-state index is 0.146. The van der Waals surface area contributed by atoms with Gasteiger partial charge in [0.1, 0.15) is 19.3 Å². The van der Waals surface area contributed by atoms with Gasteiger partial charge in [0.2, 0.25) is 0 Å². The predicted molar refractivity (Wildman–Crippen MR) is 47.8 cm³/mol. The van der Waals surface area contributed by atoms with E-state index in [2.05, 4.69) is 4.74 Å². The van der Waals surface area contributed by atoms with Gasteiger partial charge in [0, 0.05) is 6.42 Å². The molecule has 0 radical (unpaired) electrons. The highest BCUT2D eigenvalue weighted by Crippen LogP contribution is 1.90. The number of aldehydes is 1. The summed E-state index contributed by atoms with van der Waals surface area (Å²) in [5.74, 6) is -0.883. The fraction of sp³-hybridized carbons (Fsp3) is 0.667. The number of ketones is 1. The molecule has 14 heavy (non-hydrogen) atoms. The molecule has 5 heteroatoms. The number of rotatable bonds is 8. The van der Waals surface area contributed by atoms with Crippen LogP contribution in [0.5, 0.6) is 0 Å². The zero-order valence-electron chi connectivity index (χ0n) is 8.15. The van der Waals surface area contributed by atoms with Crippen LogP contribution in [0.3, 0.4) is 0 Å². The Kier molecular flexibility index (Phi) is 7.64. The lowest BCUT2D eigenvalue weighted by Crippen LogP contribution is -2.16. The highest BCUT2D eigenvalue weighted by atomic mass is 16.5. The Bertz CT molecular complexity index is 199. The van der Waals surface area contributed by atoms with Gasteiger partial charge in [-0.2, -0.15) is 0 Å². The zero-order chi connectivity index (χ0) is 10.8. The molecule has 0 rings (SSSR count). The normalized spacial score (nSPS) is 9.50. The first kappa shape index (κ1) is 12.8. The Hall–Kier alpha value is -1.23. The third kappa shape index (κ3) is 7.42. The number of ether oxygens (including phenoxy) is 2. The van der Waals surface area contributed by atoms with Gasteiger partial charge in [-0.15, -0.1) is 0 Å². The van der Waals surface area contributed by atoms with E-state index in [1.807, 2.05) is 0 Å². The van der Waals surface area contributed by atoms with Gasteiger partial charge in [0.25, 0.3) is 0 Å². The van der Waals surface area contributed by atoms with Crippen LogP contribution in [0.1, 0.15) is 19.8 Å². The first-order valence-corrected chi connectivity index (χ1v) is 4.39. The summed E-state index contributed by atoms with van der Waals surface area (Å²) in [7, 11) is 0. The Morgan fingerprint density at radius 2 is 2.07 bits per heavy atom. The smallest absolute Gasteiger partial charge is 0.313 e. The Labute approximate surface area is 82.4 Å². The molecule has 0 heterocycles. The van der Waals surface area contributed by atoms with Gasteiger partial charge in [0.15, 0.2) is 5.78 Å². The van der Waals surface area contributed by atoms with Gasteiger partial charge >= 0.3 is 5.97 Å². The number of Topliss-reactive ketones (excluding diaryl/α,β-unsaturated/α-hetero) is 1. The Morgan fingerprint density at radius 1 is 1.36 bits per heavy atom. The van der Waals surface area contributed by atoms with Crippen molar-refractivity contribution in [3.8, 4) is 0 Å². The molecule has 0 unspecified atom stereocenters. The molecular formula is C9H14O5. The molecule has 0 fully saturated rings. The molecule has 0 aromatic rings. The molecule has 0 atom stereocenters. The van der Waals surface area contributed by atoms with Crippen molar-refractivity contribution >= 4 is 18.0 Å². The van der Waals surface area contributed by atoms with E-state index < -0.39 is 5.97 Å². The van der Waals surface area contributed by atoms with E-state index in [1.165, 1.54) is 0 Å². The van der Waals surface area contributed by atoms with E-state index in [4.69, 9.17) is 4.74 Å². The first-order valence-electron chi connectivity index (χ1n) is 4.39. The summed E-state index contributed by atoms with van der Waals surface area (Å²) in [6, 6.07) is 0. The van der Waals surface area contributed by atoms with E-state index in [-0.39, 0.29) is 38.4 Å². The second-order valence-corrected chi connectivity index (χ2v) is 2.53. The molecule has 0 aliphatic rings. The summed E-state index contributed by atoms with van der Waals surface area (Å²) < 4.78 is 9.39. The van der Waals surface area contributed by atoms with E-state index >= 15 is 0 Å². The number of hydrogen-bond acceptors (Lipinski definition) is 5. The SMILES string of the molecule is CCOC(=O)CC(=O)COCCC=O. The van der Waals surface area contributed by atoms with E-state index in [0.29, 0.717) is 6.29 Å². The van der Waals surface area contributed by atoms with Crippen molar-refractivity contribution < 1.29 is 23.9 Å². The van der Waals surface area contributed by atoms with Crippen molar-refractivity contribution in [3.63, 3.8) is 0 Å². The largest absolute Gasteiger partial charge is 0.466 e. The average molecular weight is 202 g/mol. The number of hydrogen-bond donors (Lipinski definition) is 0. The molecule has 0 saturated carbocycles. The van der Waals surface area contributed by atoms with Crippen molar-refractivity contribution in [1.29, 1.82) is 0 Å². The molecule has 0 aliphatic carbocycles. The summed E-state index contributed by atoms with van der Waals surface area (Å²) >= 11 is 0. The van der Waals surface area contributed by atoms with Crippen LogP contribution >= 0.6 is 0 Å². The average Bonchev–Trinajstić information content (AvgIpc) is 2.13. The first-order chi connectivity index (χ1) is 6.70. The number of esters is 1. The fourth-order valence-electron chi connectivity index (χ4n) is 0.741. The van der Waals surface area contributed by atoms with Crippen molar-refractivity contribution in [2.75, 3.05) is 19.8 Å². The van der Waals surface area contributed by atoms with Crippen LogP contribution in [0.15, 0.2) is 0 Å². The second-order valence-electron chi connectivity index (χ2n) is 2.53. The third-order valence-electron chi connectivity index (χ3n) is 1.29. The van der Waals surface area contributed by atoms with Crippen LogP contribution in [0.2, 0.25) is 0 Å². The molecule has 80 valence electrons. The maximum absolute atomic E-state index is 11.0. The van der Waals surface area contributed by atoms with Gasteiger partial charge in [-0.25, -0.2) is 0 Å². The van der Waals surface area contributed by atoms with Crippen LogP contribution in [0.25, 0.3) is 0 Å². The van der Waals surface area contributed by atoms with Gasteiger partial charge in [0.05, 0.1) is 13.2 Å². The molecular weight excluding hydrogens is 188 g/mol. The quantitative estimate of drug-likeness (QED) is 0.242. The number of carbonyl (C=O) groups excluding carboxylic acids is 3. The van der Waals surface area contributed by atoms with Gasteiger partial charge in [-0.05, 0) is 6.92 Å². The summed E-state index contributed by atoms with van der Waals surface area (Å²) in [5.41, 5.74) is 0. The second kappa shape index (κ2) is 8.37. The number of carbonyl (C=O) groups is 3. The van der Waals surface area contributed by atoms with Crippen molar-refractivity contribution in [2.24, 2.45) is 0 Å². The standard InChI is InChI=1S/C9H14O5/c1-2-14-9(12)6-8(11)7-13-5-3-4-10/h4H,2-3,5-7H2,1H3. The summed E-state index contributed by atoms with van der Waals surface area (Å²) in [5, 5.41) is 0. The monoisotopic (exact) mass is 202 g/mol. The highest BCUT2D eigenvalue weighted by Gasteiger charge is 2.09. The van der Waals surface area contributed by atoms with Gasteiger partial charge in [-0.3, -0.25) is 9.59 Å². The van der Waals surface area contributed by atoms with Crippen LogP contribution in [-0.4, -0.2) is 37.9 Å². The summed E-state index contributed by atoms with van der Waals surface area (Å²) in [4.78, 5) is 31.6. The zero-order valence-corrected chi connectivity index (χ0v) is 8.15. The minimum Gasteiger partial charge on any atom is -0.466 e. The maximum atomic E-state index is 11.0. The van der Waals surface area contributed by atoms with Crippen molar-refractivity contribution in [2.45, 2.75) is 19.8 Å². The molecule has 0 N–H and O–H groups in total. The van der Waals surface area contributed by atoms with E-state index in [9.17, 15) is 14.4 Å². The third-order valence-corrected chi connectivity index (χ3v) is 1.29. The fourth-order valence-corrected chi connectivity index (χ4v) is 0.741. The Morgan fingerprint density at radius 3 is 2.64 bits per heavy atom. The van der Waals surface area contributed by atoms with Gasteiger partial charge < -0.3 is 14.3 Å². The highest BCUT2D eigenvalue weighted by molar-refractivity contribution is 5.96. The van der Waals surface area contributed by atoms with Crippen LogP contribution < -0.4 is 0 Å². The van der Waals surface area contributed by atoms with Crippen LogP contribution in [-0.2, 0) is 23.9 Å². The Balaban J connectivity index is 3.45. The molecule has 0 spiro atoms. The van der Waals surface area contributed by atoms with Gasteiger partial charge in [-0.1, -0.05) is 0 Å². The van der Waals surface area contributed by atoms with E-state index in [1.54, 1.807) is 6.92 Å².